The molecule has 3 aromatic carbocycles. The van der Waals surface area contributed by atoms with Gasteiger partial charge in [-0.2, -0.15) is 0 Å². The molecule has 0 atom stereocenters. The Kier molecular flexibility index (Phi) is 5.57. The van der Waals surface area contributed by atoms with E-state index in [2.05, 4.69) is 0 Å². The molecule has 0 unspecified atom stereocenters. The molecule has 4 heteroatoms. The molecule has 1 aromatic heterocycles. The fourth-order valence-corrected chi connectivity index (χ4v) is 3.42. The van der Waals surface area contributed by atoms with E-state index in [0.29, 0.717) is 17.2 Å². The summed E-state index contributed by atoms with van der Waals surface area (Å²) >= 11 is 0. The highest BCUT2D eigenvalue weighted by atomic mass is 16.1. The molecule has 0 bridgehead atoms. The zero-order chi connectivity index (χ0) is 20.9. The first-order valence-electron chi connectivity index (χ1n) is 9.81. The van der Waals surface area contributed by atoms with Crippen LogP contribution in [0.2, 0.25) is 0 Å². The van der Waals surface area contributed by atoms with Crippen LogP contribution in [0.1, 0.15) is 16.7 Å². The second kappa shape index (κ2) is 8.62. The van der Waals surface area contributed by atoms with Crippen LogP contribution >= 0.6 is 0 Å². The van der Waals surface area contributed by atoms with Crippen molar-refractivity contribution in [2.45, 2.75) is 6.54 Å². The van der Waals surface area contributed by atoms with Crippen LogP contribution in [0.4, 0.5) is 0 Å². The third-order valence-electron chi connectivity index (χ3n) is 5.03. The lowest BCUT2D eigenvalue weighted by molar-refractivity contribution is 0.654. The van der Waals surface area contributed by atoms with Gasteiger partial charge in [-0.25, -0.2) is 0 Å². The average Bonchev–Trinajstić information content (AvgIpc) is 2.79. The number of hydrogen-bond donors (Lipinski definition) is 0. The van der Waals surface area contributed by atoms with E-state index in [9.17, 15) is 9.59 Å². The Bertz CT molecular complexity index is 1390. The summed E-state index contributed by atoms with van der Waals surface area (Å²) in [4.78, 5) is 26.8. The molecule has 0 radical (unpaired) electrons. The van der Waals surface area contributed by atoms with Gasteiger partial charge in [0.1, 0.15) is 10.7 Å². The van der Waals surface area contributed by atoms with E-state index in [4.69, 9.17) is 0 Å². The zero-order valence-electron chi connectivity index (χ0n) is 16.7. The largest absolute Gasteiger partial charge is 0.305 e. The predicted molar refractivity (Wildman–Crippen MR) is 121 cm³/mol. The number of nitrogens with zero attached hydrogens (tertiary/aromatic N) is 2. The van der Waals surface area contributed by atoms with E-state index in [0.717, 1.165) is 16.7 Å². The van der Waals surface area contributed by atoms with Crippen molar-refractivity contribution in [2.24, 2.45) is 7.05 Å². The summed E-state index contributed by atoms with van der Waals surface area (Å²) in [6, 6.07) is 28.8. The van der Waals surface area contributed by atoms with Crippen LogP contribution < -0.4 is 21.8 Å². The summed E-state index contributed by atoms with van der Waals surface area (Å²) in [5.41, 5.74) is 2.29. The molecule has 0 saturated carbocycles. The number of aromatic nitrogens is 2. The van der Waals surface area contributed by atoms with Crippen LogP contribution in [0.25, 0.3) is 12.2 Å². The molecule has 148 valence electrons. The summed E-state index contributed by atoms with van der Waals surface area (Å²) in [5.74, 6) is 0. The topological polar surface area (TPSA) is 44.0 Å². The Morgan fingerprint density at radius 2 is 1.10 bits per heavy atom. The van der Waals surface area contributed by atoms with Gasteiger partial charge in [0.05, 0.1) is 6.54 Å². The third-order valence-corrected chi connectivity index (χ3v) is 5.03. The normalized spacial score (nSPS) is 12.3. The lowest BCUT2D eigenvalue weighted by Gasteiger charge is -2.10. The maximum Gasteiger partial charge on any atom is 0.275 e. The van der Waals surface area contributed by atoms with Gasteiger partial charge in [-0.15, -0.1) is 0 Å². The van der Waals surface area contributed by atoms with Gasteiger partial charge in [0, 0.05) is 7.05 Å². The molecule has 1 heterocycles. The molecule has 0 N–H and O–H groups in total. The van der Waals surface area contributed by atoms with E-state index in [1.807, 2.05) is 91.0 Å². The van der Waals surface area contributed by atoms with E-state index in [1.54, 1.807) is 23.8 Å². The second-order valence-electron chi connectivity index (χ2n) is 7.12. The van der Waals surface area contributed by atoms with Crippen molar-refractivity contribution < 1.29 is 0 Å². The van der Waals surface area contributed by atoms with Crippen LogP contribution in [0.15, 0.2) is 101 Å². The van der Waals surface area contributed by atoms with Gasteiger partial charge >= 0.3 is 0 Å². The first-order chi connectivity index (χ1) is 14.6. The Balaban J connectivity index is 2.04. The Labute approximate surface area is 174 Å². The van der Waals surface area contributed by atoms with Gasteiger partial charge in [0.2, 0.25) is 0 Å². The minimum atomic E-state index is -0.212. The number of hydrogen-bond acceptors (Lipinski definition) is 2. The smallest absolute Gasteiger partial charge is 0.275 e. The van der Waals surface area contributed by atoms with Gasteiger partial charge in [0.15, 0.2) is 0 Å². The fourth-order valence-electron chi connectivity index (χ4n) is 3.42. The monoisotopic (exact) mass is 394 g/mol. The fraction of sp³-hybridized carbons (Fsp3) is 0.0769. The SMILES string of the molecule is Cn1c(=O)c(=Cc2ccccc2)n(Cc2ccccc2)c(=O)c1=Cc1ccccc1. The summed E-state index contributed by atoms with van der Waals surface area (Å²) in [5, 5.41) is 0.718. The summed E-state index contributed by atoms with van der Waals surface area (Å²) in [6.07, 6.45) is 3.54. The lowest BCUT2D eigenvalue weighted by atomic mass is 10.2. The van der Waals surface area contributed by atoms with E-state index < -0.39 is 0 Å². The van der Waals surface area contributed by atoms with Gasteiger partial charge < -0.3 is 4.57 Å². The van der Waals surface area contributed by atoms with Crippen molar-refractivity contribution in [2.75, 3.05) is 0 Å². The second-order valence-corrected chi connectivity index (χ2v) is 7.12. The molecule has 0 fully saturated rings. The Morgan fingerprint density at radius 3 is 1.63 bits per heavy atom. The first-order valence-corrected chi connectivity index (χ1v) is 9.81. The highest BCUT2D eigenvalue weighted by molar-refractivity contribution is 5.49. The van der Waals surface area contributed by atoms with Crippen LogP contribution in [0, 0.1) is 0 Å². The molecule has 0 saturated heterocycles. The van der Waals surface area contributed by atoms with Crippen LogP contribution in [0.5, 0.6) is 0 Å². The van der Waals surface area contributed by atoms with Gasteiger partial charge in [-0.1, -0.05) is 91.0 Å². The highest BCUT2D eigenvalue weighted by Gasteiger charge is 2.09. The highest BCUT2D eigenvalue weighted by Crippen LogP contribution is 2.01. The van der Waals surface area contributed by atoms with Crippen molar-refractivity contribution in [1.29, 1.82) is 0 Å². The number of rotatable bonds is 4. The minimum Gasteiger partial charge on any atom is -0.305 e. The first kappa shape index (κ1) is 19.4. The molecule has 0 amide bonds. The third kappa shape index (κ3) is 4.08. The van der Waals surface area contributed by atoms with Crippen molar-refractivity contribution in [3.8, 4) is 0 Å². The van der Waals surface area contributed by atoms with Crippen molar-refractivity contribution in [1.82, 2.24) is 9.13 Å². The van der Waals surface area contributed by atoms with Gasteiger partial charge in [0.25, 0.3) is 11.1 Å². The molecule has 0 aliphatic rings. The van der Waals surface area contributed by atoms with Crippen molar-refractivity contribution >= 4 is 12.2 Å². The molecule has 0 aliphatic carbocycles. The Morgan fingerprint density at radius 1 is 0.633 bits per heavy atom. The van der Waals surface area contributed by atoms with Crippen molar-refractivity contribution in [3.63, 3.8) is 0 Å². The molecule has 0 spiro atoms. The predicted octanol–water partition coefficient (Wildman–Crippen LogP) is 2.25. The minimum absolute atomic E-state index is 0.202. The van der Waals surface area contributed by atoms with E-state index in [1.165, 1.54) is 4.57 Å². The van der Waals surface area contributed by atoms with Crippen LogP contribution in [0.3, 0.4) is 0 Å². The molecular weight excluding hydrogens is 372 g/mol. The molecule has 4 rings (SSSR count). The molecule has 4 aromatic rings. The van der Waals surface area contributed by atoms with Gasteiger partial charge in [-0.05, 0) is 28.8 Å². The summed E-state index contributed by atoms with van der Waals surface area (Å²) < 4.78 is 3.00. The Hall–Kier alpha value is -3.92. The van der Waals surface area contributed by atoms with Crippen LogP contribution in [-0.2, 0) is 13.6 Å². The molecule has 0 aliphatic heterocycles. The van der Waals surface area contributed by atoms with E-state index in [-0.39, 0.29) is 11.1 Å². The zero-order valence-corrected chi connectivity index (χ0v) is 16.7. The van der Waals surface area contributed by atoms with Crippen LogP contribution in [-0.4, -0.2) is 9.13 Å². The molecule has 30 heavy (non-hydrogen) atoms. The summed E-state index contributed by atoms with van der Waals surface area (Å²) in [7, 11) is 1.65. The number of benzene rings is 3. The maximum atomic E-state index is 13.5. The maximum absolute atomic E-state index is 13.5. The van der Waals surface area contributed by atoms with Crippen molar-refractivity contribution in [3.05, 3.63) is 139 Å². The standard InChI is InChI=1S/C26H22N2O2/c1-27-23(17-20-11-5-2-6-12-20)26(30)28(19-22-15-9-4-10-16-22)24(25(27)29)18-21-13-7-3-8-14-21/h2-18H,19H2,1H3. The molecule has 4 nitrogen and oxygen atoms in total. The molecular formula is C26H22N2O2. The average molecular weight is 394 g/mol. The lowest BCUT2D eigenvalue weighted by Crippen LogP contribution is -2.57. The summed E-state index contributed by atoms with van der Waals surface area (Å²) in [6.45, 7) is 0.323. The van der Waals surface area contributed by atoms with Gasteiger partial charge in [-0.3, -0.25) is 14.2 Å². The quantitative estimate of drug-likeness (QED) is 0.533. The van der Waals surface area contributed by atoms with E-state index >= 15 is 0 Å².